The average molecular weight is 335 g/mol. The Kier molecular flexibility index (Phi) is 9.40. The van der Waals surface area contributed by atoms with E-state index >= 15 is 0 Å². The van der Waals surface area contributed by atoms with E-state index in [4.69, 9.17) is 0 Å². The minimum absolute atomic E-state index is 0.141. The van der Waals surface area contributed by atoms with Crippen molar-refractivity contribution < 1.29 is 14.4 Å². The van der Waals surface area contributed by atoms with E-state index in [1.165, 1.54) is 0 Å². The Bertz CT molecular complexity index is 428. The molecule has 0 aliphatic carbocycles. The van der Waals surface area contributed by atoms with Crippen LogP contribution in [0.25, 0.3) is 0 Å². The van der Waals surface area contributed by atoms with Crippen molar-refractivity contribution >= 4 is 54.9 Å². The van der Waals surface area contributed by atoms with E-state index in [2.05, 4.69) is 15.5 Å². The molecule has 2 atom stereocenters. The van der Waals surface area contributed by atoms with Gasteiger partial charge in [0.15, 0.2) is 0 Å². The average Bonchev–Trinajstić information content (AvgIpc) is 2.93. The number of Topliss-reactive ketones (excluding diaryl/α,β-unsaturated/α-hetero) is 1. The zero-order valence-electron chi connectivity index (χ0n) is 13.6. The maximum absolute atomic E-state index is 12.4. The molecule has 0 aromatic heterocycles. The van der Waals surface area contributed by atoms with Crippen LogP contribution in [0.2, 0.25) is 0 Å². The summed E-state index contributed by atoms with van der Waals surface area (Å²) in [5.74, 6) is -1.56. The van der Waals surface area contributed by atoms with E-state index in [1.54, 1.807) is 0 Å². The Hall–Kier alpha value is -0.300. The number of hydrogen-bond donors (Lipinski definition) is 2. The van der Waals surface area contributed by atoms with Crippen LogP contribution < -0.4 is 10.6 Å². The van der Waals surface area contributed by atoms with Crippen LogP contribution in [0.3, 0.4) is 0 Å². The molecule has 2 N–H and O–H groups in total. The summed E-state index contributed by atoms with van der Waals surface area (Å²) < 4.78 is 1.93. The third-order valence-electron chi connectivity index (χ3n) is 4.05. The fraction of sp³-hybridized carbons (Fsp3) is 0.733. The van der Waals surface area contributed by atoms with Crippen LogP contribution >= 0.6 is 0 Å². The molecule has 2 amide bonds. The summed E-state index contributed by atoms with van der Waals surface area (Å²) in [6.07, 6.45) is 3.60. The van der Waals surface area contributed by atoms with Crippen LogP contribution in [-0.4, -0.2) is 92.6 Å². The monoisotopic (exact) mass is 335 g/mol. The summed E-state index contributed by atoms with van der Waals surface area (Å²) in [5.41, 5.74) is 0. The molecule has 0 radical (unpaired) electrons. The van der Waals surface area contributed by atoms with Gasteiger partial charge in [-0.25, -0.2) is 0 Å². The Labute approximate surface area is 155 Å². The van der Waals surface area contributed by atoms with E-state index in [0.29, 0.717) is 13.0 Å². The number of carbonyl (C=O) groups excluding carboxylic acids is 3. The van der Waals surface area contributed by atoms with Crippen molar-refractivity contribution in [2.75, 3.05) is 26.7 Å². The van der Waals surface area contributed by atoms with E-state index in [1.807, 2.05) is 16.1 Å². The Morgan fingerprint density at radius 1 is 1.36 bits per heavy atom. The molecule has 7 heteroatoms. The van der Waals surface area contributed by atoms with Gasteiger partial charge in [0.2, 0.25) is 0 Å². The molecule has 0 aromatic rings. The van der Waals surface area contributed by atoms with Crippen LogP contribution in [0.1, 0.15) is 32.6 Å². The van der Waals surface area contributed by atoms with Gasteiger partial charge in [0, 0.05) is 0 Å². The first-order valence-electron chi connectivity index (χ1n) is 7.91. The number of nitrogens with one attached hydrogen (secondary N) is 2. The third kappa shape index (κ3) is 6.07. The number of ketones is 1. The van der Waals surface area contributed by atoms with Crippen LogP contribution in [0.4, 0.5) is 0 Å². The molecule has 1 aliphatic rings. The van der Waals surface area contributed by atoms with Gasteiger partial charge in [-0.05, 0) is 0 Å². The van der Waals surface area contributed by atoms with Crippen molar-refractivity contribution in [2.45, 2.75) is 38.6 Å². The predicted molar refractivity (Wildman–Crippen MR) is 86.9 cm³/mol. The van der Waals surface area contributed by atoms with Crippen LogP contribution in [0, 0.1) is 5.92 Å². The van der Waals surface area contributed by atoms with Crippen LogP contribution in [0.15, 0.2) is 0 Å². The fourth-order valence-electron chi connectivity index (χ4n) is 2.92. The van der Waals surface area contributed by atoms with Crippen molar-refractivity contribution in [3.8, 4) is 0 Å². The molecule has 0 saturated carbocycles. The Morgan fingerprint density at radius 2 is 2.09 bits per heavy atom. The normalized spacial score (nSPS) is 19.5. The third-order valence-corrected chi connectivity index (χ3v) is 4.51. The topological polar surface area (TPSA) is 78.5 Å². The van der Waals surface area contributed by atoms with E-state index < -0.39 is 5.91 Å². The van der Waals surface area contributed by atoms with Gasteiger partial charge < -0.3 is 0 Å². The van der Waals surface area contributed by atoms with E-state index in [0.717, 1.165) is 61.1 Å². The molecule has 120 valence electrons. The zero-order chi connectivity index (χ0) is 16.5. The molecule has 0 spiro atoms. The second-order valence-electron chi connectivity index (χ2n) is 5.73. The summed E-state index contributed by atoms with van der Waals surface area (Å²) in [4.78, 5) is 38.1. The number of rotatable bonds is 9. The number of hydrogen-bond acceptors (Lipinski definition) is 4. The van der Waals surface area contributed by atoms with Gasteiger partial charge in [-0.15, -0.1) is 0 Å². The molecule has 1 saturated heterocycles. The summed E-state index contributed by atoms with van der Waals surface area (Å²) in [7, 11) is 2.00. The molecule has 1 heterocycles. The number of carbonyl (C=O) groups is 3. The van der Waals surface area contributed by atoms with Crippen molar-refractivity contribution in [3.63, 3.8) is 0 Å². The zero-order valence-corrected chi connectivity index (χ0v) is 15.8. The van der Waals surface area contributed by atoms with Gasteiger partial charge in [-0.2, -0.15) is 0 Å². The maximum atomic E-state index is 12.4. The predicted octanol–water partition coefficient (Wildman–Crippen LogP) is -0.731. The first-order valence-corrected chi connectivity index (χ1v) is 9.18. The summed E-state index contributed by atoms with van der Waals surface area (Å²) in [6, 6.07) is 0.145. The first-order chi connectivity index (χ1) is 10.5. The quantitative estimate of drug-likeness (QED) is 0.430. The second kappa shape index (κ2) is 10.5. The van der Waals surface area contributed by atoms with E-state index in [9.17, 15) is 14.4 Å². The van der Waals surface area contributed by atoms with Crippen molar-refractivity contribution in [3.05, 3.63) is 0 Å². The van der Waals surface area contributed by atoms with Crippen LogP contribution in [-0.2, 0) is 14.4 Å². The Balaban J connectivity index is 2.55. The molecular weight excluding hydrogens is 310 g/mol. The van der Waals surface area contributed by atoms with Gasteiger partial charge >= 0.3 is 156 Å². The van der Waals surface area contributed by atoms with Gasteiger partial charge in [-0.1, -0.05) is 0 Å². The van der Waals surface area contributed by atoms with Crippen molar-refractivity contribution in [2.24, 2.45) is 5.92 Å². The molecule has 1 rings (SSSR count). The number of likely N-dealkylation sites (tertiary alicyclic amines) is 1. The molecule has 0 bridgehead atoms. The summed E-state index contributed by atoms with van der Waals surface area (Å²) in [5, 5.41) is 5.09. The van der Waals surface area contributed by atoms with Crippen LogP contribution in [0.5, 0.6) is 0 Å². The minimum atomic E-state index is -0.636. The van der Waals surface area contributed by atoms with Gasteiger partial charge in [0.25, 0.3) is 0 Å². The number of amides is 2. The van der Waals surface area contributed by atoms with Crippen molar-refractivity contribution in [1.29, 1.82) is 0 Å². The number of nitrogens with zero attached hydrogens (tertiary/aromatic N) is 1. The fourth-order valence-corrected chi connectivity index (χ4v) is 3.14. The molecule has 6 nitrogen and oxygen atoms in total. The standard InChI is InChI=1S/C15H25N3O3.Ca/c1-4-7-11(12-8-6-9-18(12)3)14(20)15(21)17-10-13(19)16-5-2;/h2,11-12H,4-10H2,1,3H3,(H,16,19)(H,17,21);. The molecule has 1 fully saturated rings. The summed E-state index contributed by atoms with van der Waals surface area (Å²) >= 11 is 0.999. The Morgan fingerprint density at radius 3 is 2.64 bits per heavy atom. The van der Waals surface area contributed by atoms with Crippen molar-refractivity contribution in [1.82, 2.24) is 15.5 Å². The summed E-state index contributed by atoms with van der Waals surface area (Å²) in [6.45, 7) is 3.36. The first kappa shape index (κ1) is 19.7. The molecule has 2 unspecified atom stereocenters. The molecule has 1 aliphatic heterocycles. The molecular formula is C15H25CaN3O3. The van der Waals surface area contributed by atoms with Gasteiger partial charge in [0.1, 0.15) is 0 Å². The molecule has 22 heavy (non-hydrogen) atoms. The SMILES string of the molecule is CCCC(C(=O)C(=O)NCC(=O)NC[CH]=[Ca])C1CCCN1C. The second-order valence-corrected chi connectivity index (χ2v) is 6.63. The van der Waals surface area contributed by atoms with Gasteiger partial charge in [-0.3, -0.25) is 0 Å². The van der Waals surface area contributed by atoms with E-state index in [-0.39, 0.29) is 30.2 Å². The van der Waals surface area contributed by atoms with Gasteiger partial charge in [0.05, 0.1) is 0 Å². The molecule has 0 aromatic carbocycles.